The minimum Gasteiger partial charge on any atom is -0.444 e. The van der Waals surface area contributed by atoms with Gasteiger partial charge >= 0.3 is 6.09 Å². The molecule has 130 valence electrons. The maximum absolute atomic E-state index is 12.2. The van der Waals surface area contributed by atoms with Crippen LogP contribution in [0.25, 0.3) is 0 Å². The molecule has 1 aromatic carbocycles. The Morgan fingerprint density at radius 2 is 2.08 bits per heavy atom. The maximum Gasteiger partial charge on any atom is 0.410 e. The van der Waals surface area contributed by atoms with Crippen molar-refractivity contribution in [3.05, 3.63) is 39.9 Å². The van der Waals surface area contributed by atoms with E-state index in [9.17, 15) is 19.7 Å². The molecule has 24 heavy (non-hydrogen) atoms. The molecule has 1 fully saturated rings. The fourth-order valence-corrected chi connectivity index (χ4v) is 2.40. The van der Waals surface area contributed by atoms with Gasteiger partial charge in [0.2, 0.25) is 0 Å². The van der Waals surface area contributed by atoms with Crippen LogP contribution in [0.3, 0.4) is 0 Å². The summed E-state index contributed by atoms with van der Waals surface area (Å²) in [5, 5.41) is 13.6. The lowest BCUT2D eigenvalue weighted by Crippen LogP contribution is -2.40. The zero-order chi connectivity index (χ0) is 17.9. The molecule has 0 spiro atoms. The quantitative estimate of drug-likeness (QED) is 0.675. The third-order valence-corrected chi connectivity index (χ3v) is 3.49. The van der Waals surface area contributed by atoms with Gasteiger partial charge in [0, 0.05) is 36.8 Å². The Morgan fingerprint density at radius 1 is 1.38 bits per heavy atom. The lowest BCUT2D eigenvalue weighted by atomic mass is 10.1. The van der Waals surface area contributed by atoms with Crippen LogP contribution < -0.4 is 5.32 Å². The molecule has 8 heteroatoms. The number of rotatable bonds is 3. The summed E-state index contributed by atoms with van der Waals surface area (Å²) in [6.45, 7) is 6.23. The van der Waals surface area contributed by atoms with Crippen LogP contribution in [0, 0.1) is 10.1 Å². The third-order valence-electron chi connectivity index (χ3n) is 3.49. The molecule has 0 radical (unpaired) electrons. The van der Waals surface area contributed by atoms with Gasteiger partial charge in [-0.15, -0.1) is 0 Å². The lowest BCUT2D eigenvalue weighted by Gasteiger charge is -2.24. The van der Waals surface area contributed by atoms with Gasteiger partial charge in [0.1, 0.15) is 5.60 Å². The first-order valence-corrected chi connectivity index (χ1v) is 7.69. The van der Waals surface area contributed by atoms with Crippen molar-refractivity contribution in [3.8, 4) is 0 Å². The first-order valence-electron chi connectivity index (χ1n) is 7.69. The molecule has 1 atom stereocenters. The molecular formula is C16H21N3O5. The van der Waals surface area contributed by atoms with E-state index in [2.05, 4.69) is 5.32 Å². The number of carbonyl (C=O) groups is 2. The summed E-state index contributed by atoms with van der Waals surface area (Å²) in [4.78, 5) is 36.0. The summed E-state index contributed by atoms with van der Waals surface area (Å²) in [6, 6.07) is 5.34. The molecule has 2 rings (SSSR count). The van der Waals surface area contributed by atoms with E-state index in [1.54, 1.807) is 25.7 Å². The largest absolute Gasteiger partial charge is 0.444 e. The van der Waals surface area contributed by atoms with Gasteiger partial charge in [0.05, 0.1) is 4.92 Å². The van der Waals surface area contributed by atoms with Gasteiger partial charge in [-0.3, -0.25) is 14.9 Å². The molecular weight excluding hydrogens is 314 g/mol. The average molecular weight is 335 g/mol. The molecule has 0 unspecified atom stereocenters. The molecule has 1 saturated heterocycles. The number of ether oxygens (including phenoxy) is 1. The van der Waals surface area contributed by atoms with Crippen molar-refractivity contribution in [1.29, 1.82) is 0 Å². The molecule has 8 nitrogen and oxygen atoms in total. The van der Waals surface area contributed by atoms with Crippen molar-refractivity contribution in [3.63, 3.8) is 0 Å². The van der Waals surface area contributed by atoms with Crippen molar-refractivity contribution >= 4 is 17.7 Å². The number of nitro benzene ring substituents is 1. The van der Waals surface area contributed by atoms with E-state index < -0.39 is 22.5 Å². The molecule has 0 saturated carbocycles. The molecule has 1 heterocycles. The third kappa shape index (κ3) is 4.68. The fourth-order valence-electron chi connectivity index (χ4n) is 2.40. The Bertz CT molecular complexity index is 653. The summed E-state index contributed by atoms with van der Waals surface area (Å²) in [6.07, 6.45) is 0.203. The Hall–Kier alpha value is -2.64. The number of benzene rings is 1. The van der Waals surface area contributed by atoms with Gasteiger partial charge in [-0.05, 0) is 33.3 Å². The van der Waals surface area contributed by atoms with Gasteiger partial charge in [-0.1, -0.05) is 6.07 Å². The number of nitrogens with one attached hydrogen (secondary N) is 1. The number of likely N-dealkylation sites (tertiary alicyclic amines) is 1. The van der Waals surface area contributed by atoms with Crippen LogP contribution >= 0.6 is 0 Å². The average Bonchev–Trinajstić information content (AvgIpc) is 2.94. The van der Waals surface area contributed by atoms with Crippen LogP contribution in [0.5, 0.6) is 0 Å². The number of hydrogen-bond donors (Lipinski definition) is 1. The minimum absolute atomic E-state index is 0.135. The SMILES string of the molecule is CC(C)(C)OC(=O)N1CC[C@H](NC(=O)c2cccc([N+](=O)[O-])c2)C1. The summed E-state index contributed by atoms with van der Waals surface area (Å²) >= 11 is 0. The van der Waals surface area contributed by atoms with Crippen molar-refractivity contribution in [1.82, 2.24) is 10.2 Å². The molecule has 1 aromatic rings. The second-order valence-corrected chi connectivity index (χ2v) is 6.69. The van der Waals surface area contributed by atoms with Gasteiger partial charge < -0.3 is 15.0 Å². The summed E-state index contributed by atoms with van der Waals surface area (Å²) in [7, 11) is 0. The van der Waals surface area contributed by atoms with Crippen LogP contribution in [0.15, 0.2) is 24.3 Å². The first-order chi connectivity index (χ1) is 11.2. The van der Waals surface area contributed by atoms with Crippen molar-refractivity contribution in [2.45, 2.75) is 38.8 Å². The van der Waals surface area contributed by atoms with Gasteiger partial charge in [-0.2, -0.15) is 0 Å². The molecule has 0 aromatic heterocycles. The highest BCUT2D eigenvalue weighted by Crippen LogP contribution is 2.17. The number of hydrogen-bond acceptors (Lipinski definition) is 5. The van der Waals surface area contributed by atoms with E-state index in [-0.39, 0.29) is 17.3 Å². The predicted octanol–water partition coefficient (Wildman–Crippen LogP) is 2.33. The highest BCUT2D eigenvalue weighted by atomic mass is 16.6. The summed E-state index contributed by atoms with van der Waals surface area (Å²) in [5.41, 5.74) is -0.481. The Labute approximate surface area is 139 Å². The summed E-state index contributed by atoms with van der Waals surface area (Å²) in [5.74, 6) is -0.394. The van der Waals surface area contributed by atoms with Crippen LogP contribution in [0.2, 0.25) is 0 Å². The number of non-ortho nitro benzene ring substituents is 1. The number of nitrogens with zero attached hydrogens (tertiary/aromatic N) is 2. The van der Waals surface area contributed by atoms with E-state index in [1.807, 2.05) is 0 Å². The topological polar surface area (TPSA) is 102 Å². The Balaban J connectivity index is 1.93. The lowest BCUT2D eigenvalue weighted by molar-refractivity contribution is -0.384. The number of carbonyl (C=O) groups excluding carboxylic acids is 2. The highest BCUT2D eigenvalue weighted by Gasteiger charge is 2.30. The zero-order valence-electron chi connectivity index (χ0n) is 13.9. The van der Waals surface area contributed by atoms with E-state index in [1.165, 1.54) is 24.3 Å². The monoisotopic (exact) mass is 335 g/mol. The molecule has 1 aliphatic heterocycles. The summed E-state index contributed by atoms with van der Waals surface area (Å²) < 4.78 is 5.30. The second kappa shape index (κ2) is 6.86. The minimum atomic E-state index is -0.568. The predicted molar refractivity (Wildman–Crippen MR) is 86.8 cm³/mol. The smallest absolute Gasteiger partial charge is 0.410 e. The van der Waals surface area contributed by atoms with Crippen LogP contribution in [0.4, 0.5) is 10.5 Å². The highest BCUT2D eigenvalue weighted by molar-refractivity contribution is 5.95. The Morgan fingerprint density at radius 3 is 2.71 bits per heavy atom. The zero-order valence-corrected chi connectivity index (χ0v) is 13.9. The fraction of sp³-hybridized carbons (Fsp3) is 0.500. The molecule has 0 aliphatic carbocycles. The van der Waals surface area contributed by atoms with Crippen LogP contribution in [-0.2, 0) is 4.74 Å². The van der Waals surface area contributed by atoms with E-state index in [0.717, 1.165) is 0 Å². The normalized spacial score (nSPS) is 17.5. The first kappa shape index (κ1) is 17.7. The van der Waals surface area contributed by atoms with Crippen molar-refractivity contribution < 1.29 is 19.2 Å². The van der Waals surface area contributed by atoms with E-state index in [4.69, 9.17) is 4.74 Å². The van der Waals surface area contributed by atoms with Gasteiger partial charge in [0.15, 0.2) is 0 Å². The number of amides is 2. The maximum atomic E-state index is 12.2. The van der Waals surface area contributed by atoms with E-state index >= 15 is 0 Å². The number of nitro groups is 1. The van der Waals surface area contributed by atoms with Crippen LogP contribution in [-0.4, -0.2) is 46.6 Å². The van der Waals surface area contributed by atoms with Gasteiger partial charge in [0.25, 0.3) is 11.6 Å². The van der Waals surface area contributed by atoms with Crippen molar-refractivity contribution in [2.24, 2.45) is 0 Å². The van der Waals surface area contributed by atoms with E-state index in [0.29, 0.717) is 19.5 Å². The Kier molecular flexibility index (Phi) is 5.06. The van der Waals surface area contributed by atoms with Gasteiger partial charge in [-0.25, -0.2) is 4.79 Å². The van der Waals surface area contributed by atoms with Crippen LogP contribution in [0.1, 0.15) is 37.6 Å². The second-order valence-electron chi connectivity index (χ2n) is 6.69. The van der Waals surface area contributed by atoms with Crippen molar-refractivity contribution in [2.75, 3.05) is 13.1 Å². The molecule has 1 aliphatic rings. The standard InChI is InChI=1S/C16H21N3O5/c1-16(2,3)24-15(21)18-8-7-12(10-18)17-14(20)11-5-4-6-13(9-11)19(22)23/h4-6,9,12H,7-8,10H2,1-3H3,(H,17,20)/t12-/m0/s1. The molecule has 0 bridgehead atoms. The molecule has 2 amide bonds. The molecule has 1 N–H and O–H groups in total.